The third kappa shape index (κ3) is 4.31. The van der Waals surface area contributed by atoms with Crippen LogP contribution in [0.1, 0.15) is 5.56 Å². The number of benzene rings is 2. The molecule has 2 rings (SSSR count). The highest BCUT2D eigenvalue weighted by molar-refractivity contribution is 6.03. The number of rotatable bonds is 5. The average Bonchev–Trinajstić information content (AvgIpc) is 2.52. The van der Waals surface area contributed by atoms with Crippen molar-refractivity contribution in [2.24, 2.45) is 0 Å². The average molecular weight is 281 g/mol. The largest absolute Gasteiger partial charge is 0.478 e. The van der Waals surface area contributed by atoms with Crippen molar-refractivity contribution in [3.05, 3.63) is 78.4 Å². The molecule has 0 saturated carbocycles. The van der Waals surface area contributed by atoms with Gasteiger partial charge in [-0.3, -0.25) is 4.79 Å². The van der Waals surface area contributed by atoms with Crippen molar-refractivity contribution in [1.82, 2.24) is 0 Å². The maximum atomic E-state index is 12.2. The van der Waals surface area contributed by atoms with Gasteiger partial charge < -0.3 is 10.0 Å². The van der Waals surface area contributed by atoms with Gasteiger partial charge in [0.25, 0.3) is 5.91 Å². The molecule has 0 fully saturated rings. The number of hydrogen-bond donors (Lipinski definition) is 1. The first-order chi connectivity index (χ1) is 10.2. The third-order valence-corrected chi connectivity index (χ3v) is 2.89. The van der Waals surface area contributed by atoms with E-state index in [0.717, 1.165) is 23.4 Å². The molecule has 0 unspecified atom stereocenters. The summed E-state index contributed by atoms with van der Waals surface area (Å²) >= 11 is 0. The van der Waals surface area contributed by atoms with Gasteiger partial charge in [0.2, 0.25) is 0 Å². The van der Waals surface area contributed by atoms with Gasteiger partial charge in [0.1, 0.15) is 0 Å². The van der Waals surface area contributed by atoms with Crippen LogP contribution in [0.4, 0.5) is 5.69 Å². The summed E-state index contributed by atoms with van der Waals surface area (Å²) in [6, 6.07) is 18.7. The van der Waals surface area contributed by atoms with E-state index in [4.69, 9.17) is 5.11 Å². The molecule has 4 heteroatoms. The van der Waals surface area contributed by atoms with E-state index in [1.807, 2.05) is 60.7 Å². The fourth-order valence-electron chi connectivity index (χ4n) is 1.90. The normalized spacial score (nSPS) is 10.5. The van der Waals surface area contributed by atoms with E-state index >= 15 is 0 Å². The summed E-state index contributed by atoms with van der Waals surface area (Å²) in [6.45, 7) is 0.383. The van der Waals surface area contributed by atoms with Crippen LogP contribution in [0.2, 0.25) is 0 Å². The van der Waals surface area contributed by atoms with Crippen LogP contribution in [0, 0.1) is 0 Å². The molecule has 0 aliphatic rings. The molecule has 1 N–H and O–H groups in total. The lowest BCUT2D eigenvalue weighted by atomic mass is 10.2. The molecule has 4 nitrogen and oxygen atoms in total. The number of anilines is 1. The Kier molecular flexibility index (Phi) is 4.88. The van der Waals surface area contributed by atoms with Crippen molar-refractivity contribution in [3.63, 3.8) is 0 Å². The Morgan fingerprint density at radius 1 is 0.905 bits per heavy atom. The summed E-state index contributed by atoms with van der Waals surface area (Å²) in [6.07, 6.45) is 1.92. The molecular weight excluding hydrogens is 266 g/mol. The van der Waals surface area contributed by atoms with Gasteiger partial charge in [-0.25, -0.2) is 4.79 Å². The smallest absolute Gasteiger partial charge is 0.328 e. The summed E-state index contributed by atoms with van der Waals surface area (Å²) in [5, 5.41) is 8.65. The van der Waals surface area contributed by atoms with Gasteiger partial charge in [0.15, 0.2) is 0 Å². The maximum absolute atomic E-state index is 12.2. The fourth-order valence-corrected chi connectivity index (χ4v) is 1.90. The predicted molar refractivity (Wildman–Crippen MR) is 80.8 cm³/mol. The number of aliphatic carboxylic acids is 1. The number of carboxylic acids is 1. The number of hydrogen-bond acceptors (Lipinski definition) is 2. The number of carboxylic acid groups (broad SMARTS) is 1. The molecule has 0 aliphatic carbocycles. The minimum Gasteiger partial charge on any atom is -0.478 e. The van der Waals surface area contributed by atoms with Crippen LogP contribution in [0.15, 0.2) is 72.8 Å². The maximum Gasteiger partial charge on any atom is 0.328 e. The van der Waals surface area contributed by atoms with Crippen LogP contribution < -0.4 is 4.90 Å². The molecule has 0 bridgehead atoms. The molecular formula is C17H15NO3. The molecule has 0 aliphatic heterocycles. The van der Waals surface area contributed by atoms with Gasteiger partial charge in [-0.05, 0) is 17.7 Å². The van der Waals surface area contributed by atoms with Gasteiger partial charge in [-0.15, -0.1) is 0 Å². The van der Waals surface area contributed by atoms with Crippen LogP contribution in [0.3, 0.4) is 0 Å². The fraction of sp³-hybridized carbons (Fsp3) is 0.0588. The lowest BCUT2D eigenvalue weighted by molar-refractivity contribution is -0.131. The van der Waals surface area contributed by atoms with Gasteiger partial charge in [0.05, 0.1) is 6.54 Å². The molecule has 1 amide bonds. The standard InChI is InChI=1S/C17H15NO3/c19-16(11-12-17(20)21)18(15-9-5-2-6-10-15)13-14-7-3-1-4-8-14/h1-12H,13H2,(H,20,21)/b12-11+. The van der Waals surface area contributed by atoms with Gasteiger partial charge >= 0.3 is 5.97 Å². The van der Waals surface area contributed by atoms with Crippen LogP contribution in [0.25, 0.3) is 0 Å². The van der Waals surface area contributed by atoms with Gasteiger partial charge in [-0.2, -0.15) is 0 Å². The lowest BCUT2D eigenvalue weighted by Gasteiger charge is -2.21. The first-order valence-corrected chi connectivity index (χ1v) is 6.48. The third-order valence-electron chi connectivity index (χ3n) is 2.89. The van der Waals surface area contributed by atoms with E-state index < -0.39 is 5.97 Å². The second-order valence-electron chi connectivity index (χ2n) is 4.42. The summed E-state index contributed by atoms with van der Waals surface area (Å²) in [5.41, 5.74) is 1.69. The van der Waals surface area contributed by atoms with Gasteiger partial charge in [-0.1, -0.05) is 48.5 Å². The van der Waals surface area contributed by atoms with Crippen molar-refractivity contribution < 1.29 is 14.7 Å². The van der Waals surface area contributed by atoms with E-state index in [1.165, 1.54) is 4.90 Å². The van der Waals surface area contributed by atoms with Gasteiger partial charge in [0, 0.05) is 17.8 Å². The van der Waals surface area contributed by atoms with E-state index in [2.05, 4.69) is 0 Å². The van der Waals surface area contributed by atoms with Crippen molar-refractivity contribution in [3.8, 4) is 0 Å². The monoisotopic (exact) mass is 281 g/mol. The minimum atomic E-state index is -1.14. The SMILES string of the molecule is O=C(O)/C=C/C(=O)N(Cc1ccccc1)c1ccccc1. The Hall–Kier alpha value is -2.88. The van der Waals surface area contributed by atoms with Crippen LogP contribution in [-0.4, -0.2) is 17.0 Å². The van der Waals surface area contributed by atoms with E-state index in [1.54, 1.807) is 0 Å². The Morgan fingerprint density at radius 3 is 2.05 bits per heavy atom. The summed E-state index contributed by atoms with van der Waals surface area (Å²) in [4.78, 5) is 24.3. The molecule has 2 aromatic carbocycles. The topological polar surface area (TPSA) is 57.6 Å². The second kappa shape index (κ2) is 7.05. The summed E-state index contributed by atoms with van der Waals surface area (Å²) in [5.74, 6) is -1.51. The molecule has 0 aromatic heterocycles. The first-order valence-electron chi connectivity index (χ1n) is 6.48. The molecule has 0 saturated heterocycles. The van der Waals surface area contributed by atoms with Crippen LogP contribution in [0.5, 0.6) is 0 Å². The molecule has 0 heterocycles. The molecule has 21 heavy (non-hydrogen) atoms. The number of amides is 1. The quantitative estimate of drug-likeness (QED) is 0.857. The Morgan fingerprint density at radius 2 is 1.48 bits per heavy atom. The van der Waals surface area contributed by atoms with Crippen molar-refractivity contribution in [2.45, 2.75) is 6.54 Å². The number of carbonyl (C=O) groups is 2. The first kappa shape index (κ1) is 14.5. The highest BCUT2D eigenvalue weighted by Crippen LogP contribution is 2.17. The zero-order valence-electron chi connectivity index (χ0n) is 11.3. The predicted octanol–water partition coefficient (Wildman–Crippen LogP) is 2.86. The Labute approximate surface area is 123 Å². The molecule has 0 radical (unpaired) electrons. The summed E-state index contributed by atoms with van der Waals surface area (Å²) in [7, 11) is 0. The highest BCUT2D eigenvalue weighted by atomic mass is 16.4. The zero-order valence-corrected chi connectivity index (χ0v) is 11.3. The molecule has 2 aromatic rings. The van der Waals surface area contributed by atoms with E-state index in [-0.39, 0.29) is 5.91 Å². The zero-order chi connectivity index (χ0) is 15.1. The molecule has 0 spiro atoms. The minimum absolute atomic E-state index is 0.368. The van der Waals surface area contributed by atoms with Crippen molar-refractivity contribution >= 4 is 17.6 Å². The number of para-hydroxylation sites is 1. The van der Waals surface area contributed by atoms with Crippen molar-refractivity contribution in [2.75, 3.05) is 4.90 Å². The second-order valence-corrected chi connectivity index (χ2v) is 4.42. The molecule has 0 atom stereocenters. The number of carbonyl (C=O) groups excluding carboxylic acids is 1. The van der Waals surface area contributed by atoms with Crippen LogP contribution >= 0.6 is 0 Å². The Balaban J connectivity index is 2.26. The van der Waals surface area contributed by atoms with Crippen LogP contribution in [-0.2, 0) is 16.1 Å². The summed E-state index contributed by atoms with van der Waals surface area (Å²) < 4.78 is 0. The van der Waals surface area contributed by atoms with Crippen molar-refractivity contribution in [1.29, 1.82) is 0 Å². The van der Waals surface area contributed by atoms with E-state index in [0.29, 0.717) is 6.54 Å². The molecule has 106 valence electrons. The number of nitrogens with zero attached hydrogens (tertiary/aromatic N) is 1. The lowest BCUT2D eigenvalue weighted by Crippen LogP contribution is -2.28. The highest BCUT2D eigenvalue weighted by Gasteiger charge is 2.13. The Bertz CT molecular complexity index is 636. The van der Waals surface area contributed by atoms with E-state index in [9.17, 15) is 9.59 Å².